The maximum Gasteiger partial charge on any atom is 0.261 e. The predicted octanol–water partition coefficient (Wildman–Crippen LogP) is 5.40. The Morgan fingerprint density at radius 1 is 1.06 bits per heavy atom. The number of thiocarbonyl (C=S) groups is 1. The number of oxazole rings is 1. The number of nitrogens with zero attached hydrogens (tertiary/aromatic N) is 1. The summed E-state index contributed by atoms with van der Waals surface area (Å²) in [6, 6.07) is 18.0. The summed E-state index contributed by atoms with van der Waals surface area (Å²) in [6.45, 7) is 0. The molecule has 32 heavy (non-hydrogen) atoms. The quantitative estimate of drug-likeness (QED) is 0.347. The standard InChI is InChI=1S/C23H18BrN3O4S/c1-29-16-5-3-4-13(10-16)22-26-18-12-15(7-9-20(18)31-22)25-23(32)27-21(28)17-11-14(24)6-8-19(17)30-2/h3-12H,1-2H3,(H2,25,27,28,32). The maximum atomic E-state index is 12.6. The van der Waals surface area contributed by atoms with E-state index in [4.69, 9.17) is 26.1 Å². The monoisotopic (exact) mass is 511 g/mol. The highest BCUT2D eigenvalue weighted by Crippen LogP contribution is 2.28. The second kappa shape index (κ2) is 9.37. The Balaban J connectivity index is 1.50. The van der Waals surface area contributed by atoms with Crippen LogP contribution in [0.4, 0.5) is 5.69 Å². The molecule has 1 heterocycles. The number of carbonyl (C=O) groups excluding carboxylic acids is 1. The Morgan fingerprint density at radius 3 is 2.69 bits per heavy atom. The van der Waals surface area contributed by atoms with Crippen molar-refractivity contribution >= 4 is 56.0 Å². The van der Waals surface area contributed by atoms with Crippen LogP contribution in [0.25, 0.3) is 22.6 Å². The first-order chi connectivity index (χ1) is 15.5. The van der Waals surface area contributed by atoms with E-state index in [0.29, 0.717) is 34.0 Å². The summed E-state index contributed by atoms with van der Waals surface area (Å²) in [7, 11) is 3.11. The largest absolute Gasteiger partial charge is 0.497 e. The fourth-order valence-electron chi connectivity index (χ4n) is 3.08. The number of fused-ring (bicyclic) bond motifs is 1. The molecule has 0 fully saturated rings. The van der Waals surface area contributed by atoms with Crippen LogP contribution < -0.4 is 20.1 Å². The van der Waals surface area contributed by atoms with E-state index < -0.39 is 0 Å². The van der Waals surface area contributed by atoms with Crippen LogP contribution in [0.1, 0.15) is 10.4 Å². The Bertz CT molecular complexity index is 1320. The predicted molar refractivity (Wildman–Crippen MR) is 130 cm³/mol. The van der Waals surface area contributed by atoms with E-state index in [2.05, 4.69) is 31.5 Å². The number of ether oxygens (including phenoxy) is 2. The van der Waals surface area contributed by atoms with Crippen molar-refractivity contribution in [3.05, 3.63) is 70.7 Å². The van der Waals surface area contributed by atoms with Crippen molar-refractivity contribution in [3.8, 4) is 23.0 Å². The van der Waals surface area contributed by atoms with Gasteiger partial charge in [0.05, 0.1) is 19.8 Å². The average Bonchev–Trinajstić information content (AvgIpc) is 3.22. The molecule has 1 amide bonds. The summed E-state index contributed by atoms with van der Waals surface area (Å²) in [4.78, 5) is 17.2. The third-order valence-electron chi connectivity index (χ3n) is 4.60. The smallest absolute Gasteiger partial charge is 0.261 e. The normalized spacial score (nSPS) is 10.6. The lowest BCUT2D eigenvalue weighted by molar-refractivity contribution is 0.0974. The summed E-state index contributed by atoms with van der Waals surface area (Å²) < 4.78 is 17.1. The van der Waals surface area contributed by atoms with Gasteiger partial charge in [-0.05, 0) is 66.8 Å². The van der Waals surface area contributed by atoms with Crippen molar-refractivity contribution in [2.75, 3.05) is 19.5 Å². The van der Waals surface area contributed by atoms with E-state index in [-0.39, 0.29) is 11.0 Å². The minimum Gasteiger partial charge on any atom is -0.497 e. The van der Waals surface area contributed by atoms with Gasteiger partial charge in [-0.1, -0.05) is 22.0 Å². The fourth-order valence-corrected chi connectivity index (χ4v) is 3.65. The molecule has 0 bridgehead atoms. The van der Waals surface area contributed by atoms with Gasteiger partial charge < -0.3 is 19.2 Å². The highest BCUT2D eigenvalue weighted by molar-refractivity contribution is 9.10. The Labute approximate surface area is 197 Å². The molecule has 0 saturated heterocycles. The lowest BCUT2D eigenvalue weighted by Gasteiger charge is -2.12. The molecule has 0 aliphatic carbocycles. The number of methoxy groups -OCH3 is 2. The molecule has 2 N–H and O–H groups in total. The first kappa shape index (κ1) is 21.8. The molecule has 7 nitrogen and oxygen atoms in total. The molecule has 9 heteroatoms. The first-order valence-corrected chi connectivity index (χ1v) is 10.7. The van der Waals surface area contributed by atoms with Crippen LogP contribution in [0.15, 0.2) is 69.6 Å². The molecule has 0 unspecified atom stereocenters. The van der Waals surface area contributed by atoms with E-state index in [1.165, 1.54) is 7.11 Å². The second-order valence-electron chi connectivity index (χ2n) is 6.69. The van der Waals surface area contributed by atoms with Crippen LogP contribution >= 0.6 is 28.1 Å². The maximum absolute atomic E-state index is 12.6. The van der Waals surface area contributed by atoms with Gasteiger partial charge in [0.25, 0.3) is 5.91 Å². The highest BCUT2D eigenvalue weighted by atomic mass is 79.9. The Morgan fingerprint density at radius 2 is 1.91 bits per heavy atom. The van der Waals surface area contributed by atoms with Gasteiger partial charge in [0.1, 0.15) is 17.0 Å². The molecule has 162 valence electrons. The molecule has 0 atom stereocenters. The van der Waals surface area contributed by atoms with Crippen molar-refractivity contribution in [1.29, 1.82) is 0 Å². The summed E-state index contributed by atoms with van der Waals surface area (Å²) in [5, 5.41) is 5.81. The minimum atomic E-state index is -0.386. The first-order valence-electron chi connectivity index (χ1n) is 9.47. The van der Waals surface area contributed by atoms with Gasteiger partial charge in [0, 0.05) is 15.7 Å². The average molecular weight is 512 g/mol. The minimum absolute atomic E-state index is 0.146. The van der Waals surface area contributed by atoms with Gasteiger partial charge in [0.2, 0.25) is 5.89 Å². The number of rotatable bonds is 5. The number of aromatic nitrogens is 1. The number of anilines is 1. The zero-order valence-electron chi connectivity index (χ0n) is 17.1. The molecule has 0 aliphatic rings. The molecule has 3 aromatic carbocycles. The molecule has 4 aromatic rings. The number of benzene rings is 3. The third kappa shape index (κ3) is 4.74. The van der Waals surface area contributed by atoms with Crippen LogP contribution in [-0.4, -0.2) is 30.2 Å². The molecular formula is C23H18BrN3O4S. The fraction of sp³-hybridized carbons (Fsp3) is 0.0870. The number of carbonyl (C=O) groups is 1. The zero-order valence-corrected chi connectivity index (χ0v) is 19.5. The number of hydrogen-bond donors (Lipinski definition) is 2. The van der Waals surface area contributed by atoms with Crippen LogP contribution in [0, 0.1) is 0 Å². The van der Waals surface area contributed by atoms with Crippen molar-refractivity contribution in [3.63, 3.8) is 0 Å². The van der Waals surface area contributed by atoms with E-state index in [1.54, 1.807) is 43.5 Å². The molecule has 4 rings (SSSR count). The van der Waals surface area contributed by atoms with Gasteiger partial charge in [-0.3, -0.25) is 10.1 Å². The van der Waals surface area contributed by atoms with Crippen molar-refractivity contribution in [2.24, 2.45) is 0 Å². The summed E-state index contributed by atoms with van der Waals surface area (Å²) in [5.41, 5.74) is 3.11. The summed E-state index contributed by atoms with van der Waals surface area (Å²) in [5.74, 6) is 1.26. The molecule has 1 aromatic heterocycles. The zero-order chi connectivity index (χ0) is 22.7. The van der Waals surface area contributed by atoms with Crippen molar-refractivity contribution in [1.82, 2.24) is 10.3 Å². The van der Waals surface area contributed by atoms with Gasteiger partial charge in [-0.15, -0.1) is 0 Å². The SMILES string of the molecule is COc1cccc(-c2nc3cc(NC(=S)NC(=O)c4cc(Br)ccc4OC)ccc3o2)c1. The molecular weight excluding hydrogens is 494 g/mol. The van der Waals surface area contributed by atoms with Crippen LogP contribution in [0.3, 0.4) is 0 Å². The Kier molecular flexibility index (Phi) is 6.38. The number of halogens is 1. The van der Waals surface area contributed by atoms with E-state index in [9.17, 15) is 4.79 Å². The van der Waals surface area contributed by atoms with Gasteiger partial charge >= 0.3 is 0 Å². The Hall–Kier alpha value is -3.43. The van der Waals surface area contributed by atoms with Gasteiger partial charge in [-0.25, -0.2) is 4.98 Å². The summed E-state index contributed by atoms with van der Waals surface area (Å²) in [6.07, 6.45) is 0. The van der Waals surface area contributed by atoms with Crippen LogP contribution in [0.5, 0.6) is 11.5 Å². The van der Waals surface area contributed by atoms with E-state index >= 15 is 0 Å². The van der Waals surface area contributed by atoms with Crippen LogP contribution in [-0.2, 0) is 0 Å². The molecule has 0 spiro atoms. The molecule has 0 aliphatic heterocycles. The lowest BCUT2D eigenvalue weighted by atomic mass is 10.2. The second-order valence-corrected chi connectivity index (χ2v) is 8.01. The number of nitrogens with one attached hydrogen (secondary N) is 2. The van der Waals surface area contributed by atoms with Gasteiger partial charge in [-0.2, -0.15) is 0 Å². The third-order valence-corrected chi connectivity index (χ3v) is 5.29. The summed E-state index contributed by atoms with van der Waals surface area (Å²) >= 11 is 8.66. The van der Waals surface area contributed by atoms with E-state index in [0.717, 1.165) is 15.8 Å². The number of hydrogen-bond acceptors (Lipinski definition) is 6. The highest BCUT2D eigenvalue weighted by Gasteiger charge is 2.15. The molecule has 0 saturated carbocycles. The van der Waals surface area contributed by atoms with Crippen molar-refractivity contribution < 1.29 is 18.7 Å². The van der Waals surface area contributed by atoms with E-state index in [1.807, 2.05) is 24.3 Å². The number of amides is 1. The van der Waals surface area contributed by atoms with Crippen molar-refractivity contribution in [2.45, 2.75) is 0 Å². The van der Waals surface area contributed by atoms with Gasteiger partial charge in [0.15, 0.2) is 10.7 Å². The lowest BCUT2D eigenvalue weighted by Crippen LogP contribution is -2.34. The topological polar surface area (TPSA) is 85.6 Å². The molecule has 0 radical (unpaired) electrons. The van der Waals surface area contributed by atoms with Crippen LogP contribution in [0.2, 0.25) is 0 Å².